The molecule has 0 unspecified atom stereocenters. The Morgan fingerprint density at radius 3 is 2.88 bits per heavy atom. The third kappa shape index (κ3) is 4.03. The maximum Gasteiger partial charge on any atom is 0.231 e. The van der Waals surface area contributed by atoms with E-state index >= 15 is 0 Å². The molecule has 2 fully saturated rings. The molecule has 1 aliphatic heterocycles. The van der Waals surface area contributed by atoms with E-state index in [-0.39, 0.29) is 11.8 Å². The number of hydrogen-bond donors (Lipinski definition) is 0. The van der Waals surface area contributed by atoms with Crippen molar-refractivity contribution in [2.45, 2.75) is 26.2 Å². The van der Waals surface area contributed by atoms with E-state index in [1.165, 1.54) is 0 Å². The topological polar surface area (TPSA) is 45.7 Å². The number of carbonyl (C=O) groups is 1. The summed E-state index contributed by atoms with van der Waals surface area (Å²) in [5.74, 6) is 0.421. The van der Waals surface area contributed by atoms with Gasteiger partial charge in [-0.3, -0.25) is 14.6 Å². The number of carbonyl (C=O) groups excluding carboxylic acids is 1. The molecule has 1 aromatic carbocycles. The summed E-state index contributed by atoms with van der Waals surface area (Å²) >= 11 is 7.76. The van der Waals surface area contributed by atoms with Crippen LogP contribution in [-0.2, 0) is 9.53 Å². The SMILES string of the molecule is Cc1cc(Cl)cc2sc(N(CCCN3CCOCC3)C(=O)C3CC3)nc12. The van der Waals surface area contributed by atoms with Gasteiger partial charge in [-0.25, -0.2) is 4.98 Å². The Kier molecular flexibility index (Phi) is 5.45. The summed E-state index contributed by atoms with van der Waals surface area (Å²) in [6, 6.07) is 3.87. The first-order valence-corrected chi connectivity index (χ1v) is 10.5. The van der Waals surface area contributed by atoms with E-state index in [2.05, 4.69) is 4.90 Å². The second-order valence-electron chi connectivity index (χ2n) is 7.14. The van der Waals surface area contributed by atoms with Crippen LogP contribution in [0.15, 0.2) is 12.1 Å². The number of fused-ring (bicyclic) bond motifs is 1. The smallest absolute Gasteiger partial charge is 0.231 e. The molecule has 7 heteroatoms. The first-order valence-electron chi connectivity index (χ1n) is 9.30. The van der Waals surface area contributed by atoms with Crippen molar-refractivity contribution >= 4 is 44.2 Å². The number of amides is 1. The molecule has 1 saturated carbocycles. The van der Waals surface area contributed by atoms with E-state index in [9.17, 15) is 4.79 Å². The second-order valence-corrected chi connectivity index (χ2v) is 8.58. The van der Waals surface area contributed by atoms with Crippen LogP contribution in [0.25, 0.3) is 10.2 Å². The number of rotatable bonds is 6. The average molecular weight is 394 g/mol. The lowest BCUT2D eigenvalue weighted by Crippen LogP contribution is -2.39. The Hall–Kier alpha value is -1.21. The monoisotopic (exact) mass is 393 g/mol. The van der Waals surface area contributed by atoms with Gasteiger partial charge in [0.15, 0.2) is 5.13 Å². The van der Waals surface area contributed by atoms with Crippen molar-refractivity contribution in [3.8, 4) is 0 Å². The molecule has 2 aromatic rings. The predicted octanol–water partition coefficient (Wildman–Crippen LogP) is 3.72. The van der Waals surface area contributed by atoms with Crippen molar-refractivity contribution < 1.29 is 9.53 Å². The fraction of sp³-hybridized carbons (Fsp3) is 0.579. The number of anilines is 1. The Morgan fingerprint density at radius 2 is 2.15 bits per heavy atom. The molecule has 4 rings (SSSR count). The first kappa shape index (κ1) is 18.2. The number of aromatic nitrogens is 1. The van der Waals surface area contributed by atoms with Gasteiger partial charge in [-0.15, -0.1) is 0 Å². The second kappa shape index (κ2) is 7.80. The number of thiazole rings is 1. The summed E-state index contributed by atoms with van der Waals surface area (Å²) in [5.41, 5.74) is 2.01. The fourth-order valence-electron chi connectivity index (χ4n) is 3.39. The highest BCUT2D eigenvalue weighted by atomic mass is 35.5. The van der Waals surface area contributed by atoms with Crippen molar-refractivity contribution in [3.05, 3.63) is 22.7 Å². The number of ether oxygens (including phenoxy) is 1. The molecular formula is C19H24ClN3O2S. The normalized spacial score (nSPS) is 18.4. The highest BCUT2D eigenvalue weighted by Gasteiger charge is 2.35. The number of morpholine rings is 1. The lowest BCUT2D eigenvalue weighted by atomic mass is 10.2. The third-order valence-corrected chi connectivity index (χ3v) is 6.27. The zero-order chi connectivity index (χ0) is 18.1. The largest absolute Gasteiger partial charge is 0.379 e. The van der Waals surface area contributed by atoms with Gasteiger partial charge in [-0.2, -0.15) is 0 Å². The summed E-state index contributed by atoms with van der Waals surface area (Å²) < 4.78 is 6.45. The van der Waals surface area contributed by atoms with Gasteiger partial charge in [-0.1, -0.05) is 22.9 Å². The van der Waals surface area contributed by atoms with Gasteiger partial charge in [0, 0.05) is 37.1 Å². The van der Waals surface area contributed by atoms with E-state index in [1.807, 2.05) is 24.0 Å². The van der Waals surface area contributed by atoms with Crippen molar-refractivity contribution in [1.29, 1.82) is 0 Å². The van der Waals surface area contributed by atoms with Crippen LogP contribution in [0.5, 0.6) is 0 Å². The van der Waals surface area contributed by atoms with Gasteiger partial charge in [-0.05, 0) is 43.9 Å². The third-order valence-electron chi connectivity index (χ3n) is 5.02. The Labute approximate surface area is 162 Å². The first-order chi connectivity index (χ1) is 12.6. The van der Waals surface area contributed by atoms with E-state index in [1.54, 1.807) is 11.3 Å². The van der Waals surface area contributed by atoms with Gasteiger partial charge in [0.25, 0.3) is 0 Å². The van der Waals surface area contributed by atoms with Crippen LogP contribution in [0.1, 0.15) is 24.8 Å². The molecule has 0 bridgehead atoms. The van der Waals surface area contributed by atoms with Gasteiger partial charge in [0.05, 0.1) is 23.4 Å². The average Bonchev–Trinajstić information content (AvgIpc) is 3.39. The van der Waals surface area contributed by atoms with Crippen LogP contribution < -0.4 is 4.90 Å². The molecule has 2 heterocycles. The van der Waals surface area contributed by atoms with Crippen molar-refractivity contribution in [3.63, 3.8) is 0 Å². The molecular weight excluding hydrogens is 370 g/mol. The molecule has 0 atom stereocenters. The lowest BCUT2D eigenvalue weighted by Gasteiger charge is -2.27. The van der Waals surface area contributed by atoms with Gasteiger partial charge in [0.1, 0.15) is 0 Å². The van der Waals surface area contributed by atoms with Crippen LogP contribution in [0, 0.1) is 12.8 Å². The van der Waals surface area contributed by atoms with Crippen LogP contribution in [0.3, 0.4) is 0 Å². The van der Waals surface area contributed by atoms with E-state index in [4.69, 9.17) is 21.3 Å². The number of halogens is 1. The van der Waals surface area contributed by atoms with Crippen LogP contribution in [-0.4, -0.2) is 55.2 Å². The van der Waals surface area contributed by atoms with Crippen LogP contribution in [0.4, 0.5) is 5.13 Å². The van der Waals surface area contributed by atoms with E-state index < -0.39 is 0 Å². The minimum atomic E-state index is 0.190. The predicted molar refractivity (Wildman–Crippen MR) is 106 cm³/mol. The fourth-order valence-corrected chi connectivity index (χ4v) is 4.84. The zero-order valence-corrected chi connectivity index (χ0v) is 16.6. The highest BCUT2D eigenvalue weighted by molar-refractivity contribution is 7.22. The van der Waals surface area contributed by atoms with E-state index in [0.717, 1.165) is 84.6 Å². The van der Waals surface area contributed by atoms with Gasteiger partial charge < -0.3 is 4.74 Å². The lowest BCUT2D eigenvalue weighted by molar-refractivity contribution is -0.119. The number of benzene rings is 1. The number of aryl methyl sites for hydroxylation is 1. The molecule has 26 heavy (non-hydrogen) atoms. The highest BCUT2D eigenvalue weighted by Crippen LogP contribution is 2.37. The summed E-state index contributed by atoms with van der Waals surface area (Å²) in [6.07, 6.45) is 2.97. The molecule has 5 nitrogen and oxygen atoms in total. The summed E-state index contributed by atoms with van der Waals surface area (Å²) in [6.45, 7) is 7.31. The summed E-state index contributed by atoms with van der Waals surface area (Å²) in [4.78, 5) is 22.0. The number of nitrogens with zero attached hydrogens (tertiary/aromatic N) is 3. The number of hydrogen-bond acceptors (Lipinski definition) is 5. The Morgan fingerprint density at radius 1 is 1.38 bits per heavy atom. The summed E-state index contributed by atoms with van der Waals surface area (Å²) in [5, 5.41) is 1.53. The molecule has 1 saturated heterocycles. The molecule has 0 radical (unpaired) electrons. The molecule has 0 spiro atoms. The van der Waals surface area contributed by atoms with Crippen molar-refractivity contribution in [2.75, 3.05) is 44.3 Å². The standard InChI is InChI=1S/C19H24ClN3O2S/c1-13-11-15(20)12-16-17(13)21-19(26-16)23(18(24)14-3-4-14)6-2-5-22-7-9-25-10-8-22/h11-12,14H,2-10H2,1H3. The Balaban J connectivity index is 1.51. The van der Waals surface area contributed by atoms with Gasteiger partial charge >= 0.3 is 0 Å². The Bertz CT molecular complexity index is 799. The van der Waals surface area contributed by atoms with Crippen LogP contribution in [0.2, 0.25) is 5.02 Å². The molecule has 1 amide bonds. The maximum atomic E-state index is 12.8. The zero-order valence-electron chi connectivity index (χ0n) is 15.0. The van der Waals surface area contributed by atoms with Crippen molar-refractivity contribution in [2.24, 2.45) is 5.92 Å². The van der Waals surface area contributed by atoms with Crippen molar-refractivity contribution in [1.82, 2.24) is 9.88 Å². The quantitative estimate of drug-likeness (QED) is 0.750. The minimum absolute atomic E-state index is 0.190. The molecule has 2 aliphatic rings. The summed E-state index contributed by atoms with van der Waals surface area (Å²) in [7, 11) is 0. The minimum Gasteiger partial charge on any atom is -0.379 e. The van der Waals surface area contributed by atoms with Crippen LogP contribution >= 0.6 is 22.9 Å². The molecule has 0 N–H and O–H groups in total. The molecule has 1 aromatic heterocycles. The maximum absolute atomic E-state index is 12.8. The molecule has 1 aliphatic carbocycles. The molecule has 140 valence electrons. The van der Waals surface area contributed by atoms with E-state index in [0.29, 0.717) is 0 Å². The van der Waals surface area contributed by atoms with Gasteiger partial charge in [0.2, 0.25) is 5.91 Å².